The van der Waals surface area contributed by atoms with Crippen molar-refractivity contribution in [2.24, 2.45) is 0 Å². The molecular formula is C27H30O16. The van der Waals surface area contributed by atoms with Crippen molar-refractivity contribution in [3.05, 3.63) is 46.6 Å². The van der Waals surface area contributed by atoms with Crippen molar-refractivity contribution in [2.45, 2.75) is 61.4 Å². The molecule has 2 fully saturated rings. The lowest BCUT2D eigenvalue weighted by Crippen LogP contribution is -2.60. The van der Waals surface area contributed by atoms with E-state index < -0.39 is 91.6 Å². The fourth-order valence-electron chi connectivity index (χ4n) is 4.80. The molecule has 2 aromatic carbocycles. The molecule has 5 rings (SSSR count). The maximum absolute atomic E-state index is 12.9. The number of aliphatic hydroxyl groups excluding tert-OH is 8. The molecular weight excluding hydrogens is 580 g/mol. The van der Waals surface area contributed by atoms with E-state index >= 15 is 0 Å². The molecule has 2 unspecified atom stereocenters. The molecule has 2 aliphatic heterocycles. The maximum Gasteiger partial charge on any atom is 0.229 e. The third-order valence-corrected chi connectivity index (χ3v) is 7.22. The molecule has 0 radical (unpaired) electrons. The van der Waals surface area contributed by atoms with Gasteiger partial charge in [-0.05, 0) is 18.2 Å². The van der Waals surface area contributed by atoms with Crippen LogP contribution in [0.3, 0.4) is 0 Å². The highest BCUT2D eigenvalue weighted by Gasteiger charge is 2.46. The Morgan fingerprint density at radius 1 is 0.674 bits per heavy atom. The average Bonchev–Trinajstić information content (AvgIpc) is 2.98. The molecule has 16 heteroatoms. The highest BCUT2D eigenvalue weighted by Crippen LogP contribution is 2.37. The quantitative estimate of drug-likeness (QED) is 0.130. The van der Waals surface area contributed by atoms with Crippen LogP contribution in [-0.4, -0.2) is 126 Å². The van der Waals surface area contributed by atoms with Gasteiger partial charge in [0.25, 0.3) is 0 Å². The van der Waals surface area contributed by atoms with E-state index in [9.17, 15) is 55.9 Å². The smallest absolute Gasteiger partial charge is 0.229 e. The molecule has 0 bridgehead atoms. The largest absolute Gasteiger partial charge is 0.507 e. The van der Waals surface area contributed by atoms with E-state index in [2.05, 4.69) is 0 Å². The number of hydrogen-bond acceptors (Lipinski definition) is 16. The number of benzene rings is 2. The number of aliphatic hydroxyl groups is 8. The Balaban J connectivity index is 1.45. The van der Waals surface area contributed by atoms with Crippen molar-refractivity contribution in [2.75, 3.05) is 13.2 Å². The van der Waals surface area contributed by atoms with E-state index in [4.69, 9.17) is 23.4 Å². The zero-order chi connectivity index (χ0) is 31.2. The molecule has 0 aliphatic carbocycles. The zero-order valence-electron chi connectivity index (χ0n) is 22.1. The van der Waals surface area contributed by atoms with E-state index in [1.807, 2.05) is 0 Å². The summed E-state index contributed by atoms with van der Waals surface area (Å²) in [4.78, 5) is 12.9. The summed E-state index contributed by atoms with van der Waals surface area (Å²) in [6.07, 6.45) is -15.9. The minimum atomic E-state index is -1.76. The monoisotopic (exact) mass is 610 g/mol. The highest BCUT2D eigenvalue weighted by molar-refractivity contribution is 5.86. The fraction of sp³-hybridized carbons (Fsp3) is 0.444. The number of rotatable bonds is 7. The SMILES string of the molecule is O=c1cc(-c2ccc(O)c(OC3O[C@H](CO)[C@@H](O)[C@H](O)[C@H]3O)c2)oc2cc(OC3O[C@H](CO)[C@@H](O)[C@H](O)[C@H]3O)cc(O)c12. The van der Waals surface area contributed by atoms with Crippen molar-refractivity contribution >= 4 is 11.0 Å². The lowest BCUT2D eigenvalue weighted by atomic mass is 9.99. The van der Waals surface area contributed by atoms with Gasteiger partial charge in [0.2, 0.25) is 12.6 Å². The maximum atomic E-state index is 12.9. The first-order valence-corrected chi connectivity index (χ1v) is 13.0. The third kappa shape index (κ3) is 5.85. The molecule has 0 spiro atoms. The van der Waals surface area contributed by atoms with Crippen LogP contribution in [0.15, 0.2) is 45.6 Å². The minimum Gasteiger partial charge on any atom is -0.507 e. The molecule has 0 saturated carbocycles. The van der Waals surface area contributed by atoms with Gasteiger partial charge in [0, 0.05) is 23.8 Å². The first kappa shape index (κ1) is 30.9. The molecule has 10 N–H and O–H groups in total. The first-order chi connectivity index (χ1) is 20.4. The lowest BCUT2D eigenvalue weighted by molar-refractivity contribution is -0.277. The fourth-order valence-corrected chi connectivity index (χ4v) is 4.80. The predicted molar refractivity (Wildman–Crippen MR) is 140 cm³/mol. The van der Waals surface area contributed by atoms with Gasteiger partial charge in [0.15, 0.2) is 16.9 Å². The van der Waals surface area contributed by atoms with E-state index in [-0.39, 0.29) is 33.8 Å². The summed E-state index contributed by atoms with van der Waals surface area (Å²) in [5, 5.41) is 99.9. The van der Waals surface area contributed by atoms with Crippen molar-refractivity contribution in [3.63, 3.8) is 0 Å². The van der Waals surface area contributed by atoms with E-state index in [1.165, 1.54) is 24.3 Å². The summed E-state index contributed by atoms with van der Waals surface area (Å²) in [6.45, 7) is -1.39. The van der Waals surface area contributed by atoms with Gasteiger partial charge in [-0.2, -0.15) is 0 Å². The number of aromatic hydroxyl groups is 2. The number of phenolic OH excluding ortho intramolecular Hbond substituents is 2. The predicted octanol–water partition coefficient (Wildman–Crippen LogP) is -2.77. The Hall–Kier alpha value is -3.55. The van der Waals surface area contributed by atoms with Crippen LogP contribution in [0.5, 0.6) is 23.0 Å². The Labute approximate surface area is 241 Å². The molecule has 2 saturated heterocycles. The van der Waals surface area contributed by atoms with Gasteiger partial charge in [-0.3, -0.25) is 4.79 Å². The molecule has 1 aromatic heterocycles. The summed E-state index contributed by atoms with van der Waals surface area (Å²) in [6, 6.07) is 7.02. The van der Waals surface area contributed by atoms with Crippen LogP contribution in [0.1, 0.15) is 0 Å². The van der Waals surface area contributed by atoms with Crippen molar-refractivity contribution < 1.29 is 74.4 Å². The molecule has 3 aromatic rings. The lowest BCUT2D eigenvalue weighted by Gasteiger charge is -2.39. The standard InChI is InChI=1S/C27H30O16/c28-7-17-20(33)22(35)24(37)26(42-17)39-10-4-12(31)19-13(32)6-14(40-16(19)5-10)9-1-2-11(30)15(3-9)41-27-25(38)23(36)21(34)18(8-29)43-27/h1-6,17-18,20-31,33-38H,7-8H2/t17-,18-,20-,21-,22+,23+,24-,25-,26?,27?/m1/s1. The van der Waals surface area contributed by atoms with Gasteiger partial charge in [0.05, 0.1) is 13.2 Å². The van der Waals surface area contributed by atoms with Crippen LogP contribution < -0.4 is 14.9 Å². The van der Waals surface area contributed by atoms with Crippen LogP contribution in [0.4, 0.5) is 0 Å². The summed E-state index contributed by atoms with van der Waals surface area (Å²) in [7, 11) is 0. The average molecular weight is 611 g/mol. The second-order valence-corrected chi connectivity index (χ2v) is 10.1. The first-order valence-electron chi connectivity index (χ1n) is 13.0. The van der Waals surface area contributed by atoms with Crippen molar-refractivity contribution in [1.29, 1.82) is 0 Å². The van der Waals surface area contributed by atoms with Crippen LogP contribution in [-0.2, 0) is 9.47 Å². The second kappa shape index (κ2) is 12.2. The molecule has 0 amide bonds. The van der Waals surface area contributed by atoms with Gasteiger partial charge in [-0.25, -0.2) is 0 Å². The van der Waals surface area contributed by atoms with E-state index in [1.54, 1.807) is 0 Å². The second-order valence-electron chi connectivity index (χ2n) is 10.1. The van der Waals surface area contributed by atoms with Crippen LogP contribution in [0.25, 0.3) is 22.3 Å². The Morgan fingerprint density at radius 2 is 1.26 bits per heavy atom. The molecule has 16 nitrogen and oxygen atoms in total. The third-order valence-electron chi connectivity index (χ3n) is 7.22. The van der Waals surface area contributed by atoms with Crippen LogP contribution in [0, 0.1) is 0 Å². The summed E-state index contributed by atoms with van der Waals surface area (Å²) >= 11 is 0. The van der Waals surface area contributed by atoms with Crippen LogP contribution >= 0.6 is 0 Å². The normalized spacial score (nSPS) is 32.9. The molecule has 234 valence electrons. The molecule has 43 heavy (non-hydrogen) atoms. The number of hydrogen-bond donors (Lipinski definition) is 10. The number of ether oxygens (including phenoxy) is 4. The van der Waals surface area contributed by atoms with E-state index in [0.717, 1.165) is 12.1 Å². The summed E-state index contributed by atoms with van der Waals surface area (Å²) in [5.74, 6) is -1.54. The number of phenols is 2. The van der Waals surface area contributed by atoms with Gasteiger partial charge in [0.1, 0.15) is 77.1 Å². The Kier molecular flexibility index (Phi) is 8.77. The molecule has 10 atom stereocenters. The number of fused-ring (bicyclic) bond motifs is 1. The van der Waals surface area contributed by atoms with Gasteiger partial charge in [-0.15, -0.1) is 0 Å². The Bertz CT molecular complexity index is 1500. The summed E-state index contributed by atoms with van der Waals surface area (Å²) in [5.41, 5.74) is -0.708. The topological polar surface area (TPSA) is 269 Å². The Morgan fingerprint density at radius 3 is 1.84 bits per heavy atom. The molecule has 2 aliphatic rings. The van der Waals surface area contributed by atoms with Gasteiger partial charge in [-0.1, -0.05) is 0 Å². The van der Waals surface area contributed by atoms with Gasteiger partial charge < -0.3 is 74.4 Å². The van der Waals surface area contributed by atoms with Crippen molar-refractivity contribution in [1.82, 2.24) is 0 Å². The highest BCUT2D eigenvalue weighted by atomic mass is 16.7. The zero-order valence-corrected chi connectivity index (χ0v) is 22.1. The molecule has 3 heterocycles. The van der Waals surface area contributed by atoms with E-state index in [0.29, 0.717) is 0 Å². The minimum absolute atomic E-state index is 0.0828. The summed E-state index contributed by atoms with van der Waals surface area (Å²) < 4.78 is 27.5. The van der Waals surface area contributed by atoms with Crippen molar-refractivity contribution in [3.8, 4) is 34.3 Å². The van der Waals surface area contributed by atoms with Crippen LogP contribution in [0.2, 0.25) is 0 Å². The van der Waals surface area contributed by atoms with Gasteiger partial charge >= 0.3 is 0 Å².